The first kappa shape index (κ1) is 12.2. The molecule has 0 unspecified atom stereocenters. The number of hydrogen-bond acceptors (Lipinski definition) is 2. The van der Waals surface area contributed by atoms with Crippen molar-refractivity contribution in [3.05, 3.63) is 46.0 Å². The van der Waals surface area contributed by atoms with Crippen molar-refractivity contribution >= 4 is 16.8 Å². The van der Waals surface area contributed by atoms with Gasteiger partial charge in [-0.1, -0.05) is 0 Å². The highest BCUT2D eigenvalue weighted by Crippen LogP contribution is 2.09. The Morgan fingerprint density at radius 2 is 2.17 bits per heavy atom. The number of fused-ring (bicyclic) bond motifs is 1. The van der Waals surface area contributed by atoms with Crippen molar-refractivity contribution in [1.82, 2.24) is 10.3 Å². The second-order valence-corrected chi connectivity index (χ2v) is 3.67. The Balaban J connectivity index is 2.48. The fraction of sp³-hybridized carbons (Fsp3) is 0.167. The molecule has 1 aromatic heterocycles. The summed E-state index contributed by atoms with van der Waals surface area (Å²) in [6, 6.07) is 3.61. The summed E-state index contributed by atoms with van der Waals surface area (Å²) in [6.45, 7) is -0.859. The molecule has 6 heteroatoms. The number of hydrogen-bond donors (Lipinski definition) is 2. The van der Waals surface area contributed by atoms with Gasteiger partial charge in [-0.2, -0.15) is 0 Å². The smallest absolute Gasteiger partial charge is 0.256 e. The monoisotopic (exact) mass is 251 g/mol. The third kappa shape index (κ3) is 2.22. The topological polar surface area (TPSA) is 62.0 Å². The van der Waals surface area contributed by atoms with E-state index in [2.05, 4.69) is 10.3 Å². The SMILES string of the molecule is O=C(NCC[18F])c1c[nH]c2cc(F)ccc2c1=O. The molecule has 2 N–H and O–H groups in total. The van der Waals surface area contributed by atoms with Crippen molar-refractivity contribution in [2.24, 2.45) is 0 Å². The zero-order valence-electron chi connectivity index (χ0n) is 9.30. The highest BCUT2D eigenvalue weighted by atomic mass is 19.1. The molecule has 0 bridgehead atoms. The number of aromatic amines is 1. The Morgan fingerprint density at radius 3 is 2.89 bits per heavy atom. The number of benzene rings is 1. The van der Waals surface area contributed by atoms with E-state index in [0.29, 0.717) is 5.52 Å². The van der Waals surface area contributed by atoms with E-state index in [-0.39, 0.29) is 17.5 Å². The van der Waals surface area contributed by atoms with Crippen molar-refractivity contribution in [2.45, 2.75) is 0 Å². The van der Waals surface area contributed by atoms with Crippen molar-refractivity contribution in [3.8, 4) is 0 Å². The lowest BCUT2D eigenvalue weighted by molar-refractivity contribution is 0.0949. The van der Waals surface area contributed by atoms with Crippen LogP contribution in [0.4, 0.5) is 8.78 Å². The van der Waals surface area contributed by atoms with Crippen LogP contribution in [0.1, 0.15) is 10.4 Å². The van der Waals surface area contributed by atoms with Crippen LogP contribution in [0, 0.1) is 5.82 Å². The maximum absolute atomic E-state index is 13.0. The normalized spacial score (nSPS) is 10.6. The minimum absolute atomic E-state index is 0.123. The number of rotatable bonds is 3. The molecule has 2 rings (SSSR count). The van der Waals surface area contributed by atoms with E-state index < -0.39 is 23.8 Å². The van der Waals surface area contributed by atoms with Crippen LogP contribution in [0.3, 0.4) is 0 Å². The maximum Gasteiger partial charge on any atom is 0.256 e. The van der Waals surface area contributed by atoms with Gasteiger partial charge in [-0.15, -0.1) is 0 Å². The van der Waals surface area contributed by atoms with Gasteiger partial charge in [0, 0.05) is 18.1 Å². The van der Waals surface area contributed by atoms with Crippen molar-refractivity contribution < 1.29 is 13.6 Å². The van der Waals surface area contributed by atoms with Gasteiger partial charge >= 0.3 is 0 Å². The van der Waals surface area contributed by atoms with Crippen LogP contribution in [0.2, 0.25) is 0 Å². The lowest BCUT2D eigenvalue weighted by Gasteiger charge is -2.04. The summed E-state index contributed by atoms with van der Waals surface area (Å²) in [4.78, 5) is 26.2. The zero-order chi connectivity index (χ0) is 13.1. The predicted octanol–water partition coefficient (Wildman–Crippen LogP) is 1.37. The Morgan fingerprint density at radius 1 is 1.39 bits per heavy atom. The largest absolute Gasteiger partial charge is 0.360 e. The molecule has 0 aliphatic rings. The molecule has 0 aliphatic carbocycles. The summed E-state index contributed by atoms with van der Waals surface area (Å²) in [7, 11) is 0. The van der Waals surface area contributed by atoms with Crippen LogP contribution < -0.4 is 10.7 Å². The molecule has 1 amide bonds. The van der Waals surface area contributed by atoms with Crippen LogP contribution in [0.5, 0.6) is 0 Å². The molecule has 2 aromatic rings. The third-order valence-corrected chi connectivity index (χ3v) is 2.47. The van der Waals surface area contributed by atoms with Crippen molar-refractivity contribution in [3.63, 3.8) is 0 Å². The van der Waals surface area contributed by atoms with Crippen molar-refractivity contribution in [2.75, 3.05) is 13.2 Å². The summed E-state index contributed by atoms with van der Waals surface area (Å²) >= 11 is 0. The van der Waals surface area contributed by atoms with Crippen LogP contribution in [0.25, 0.3) is 10.9 Å². The lowest BCUT2D eigenvalue weighted by atomic mass is 10.1. The number of H-pyrrole nitrogens is 1. The summed E-state index contributed by atoms with van der Waals surface area (Å²) in [6.07, 6.45) is 1.19. The molecule has 1 heterocycles. The molecule has 0 spiro atoms. The van der Waals surface area contributed by atoms with Gasteiger partial charge in [0.1, 0.15) is 18.1 Å². The average molecular weight is 251 g/mol. The quantitative estimate of drug-likeness (QED) is 0.865. The number of nitrogens with one attached hydrogen (secondary N) is 2. The van der Waals surface area contributed by atoms with Gasteiger partial charge in [0.15, 0.2) is 0 Å². The van der Waals surface area contributed by atoms with Gasteiger partial charge in [-0.05, 0) is 18.2 Å². The number of carbonyl (C=O) groups is 1. The third-order valence-electron chi connectivity index (χ3n) is 2.47. The van der Waals surface area contributed by atoms with E-state index in [9.17, 15) is 18.4 Å². The van der Waals surface area contributed by atoms with Crippen molar-refractivity contribution in [1.29, 1.82) is 0 Å². The molecule has 0 radical (unpaired) electrons. The molecule has 1 aromatic carbocycles. The number of aromatic nitrogens is 1. The highest BCUT2D eigenvalue weighted by Gasteiger charge is 2.12. The molecule has 94 valence electrons. The average Bonchev–Trinajstić information content (AvgIpc) is 2.36. The van der Waals surface area contributed by atoms with Gasteiger partial charge in [0.25, 0.3) is 5.91 Å². The fourth-order valence-corrected chi connectivity index (χ4v) is 1.62. The number of alkyl halides is 1. The summed E-state index contributed by atoms with van der Waals surface area (Å²) in [5.74, 6) is -1.13. The van der Waals surface area contributed by atoms with E-state index in [1.807, 2.05) is 0 Å². The maximum atomic E-state index is 13.0. The second-order valence-electron chi connectivity index (χ2n) is 3.67. The Bertz CT molecular complexity index is 652. The Hall–Kier alpha value is -2.24. The number of carbonyl (C=O) groups excluding carboxylic acids is 1. The molecular weight excluding hydrogens is 241 g/mol. The van der Waals surface area contributed by atoms with E-state index in [1.165, 1.54) is 18.3 Å². The molecule has 0 saturated carbocycles. The van der Waals surface area contributed by atoms with E-state index >= 15 is 0 Å². The second kappa shape index (κ2) is 4.95. The van der Waals surface area contributed by atoms with Crippen LogP contribution in [-0.2, 0) is 0 Å². The number of amides is 1. The first-order valence-corrected chi connectivity index (χ1v) is 5.28. The van der Waals surface area contributed by atoms with E-state index in [0.717, 1.165) is 6.07 Å². The molecule has 0 atom stereocenters. The Kier molecular flexibility index (Phi) is 3.36. The summed E-state index contributed by atoms with van der Waals surface area (Å²) in [5.41, 5.74) is -0.329. The number of pyridine rings is 1. The summed E-state index contributed by atoms with van der Waals surface area (Å²) in [5, 5.41) is 2.47. The first-order chi connectivity index (χ1) is 8.63. The van der Waals surface area contributed by atoms with Gasteiger partial charge in [-0.25, -0.2) is 8.78 Å². The van der Waals surface area contributed by atoms with Crippen LogP contribution in [0.15, 0.2) is 29.2 Å². The molecule has 0 saturated heterocycles. The van der Waals surface area contributed by atoms with E-state index in [4.69, 9.17) is 0 Å². The first-order valence-electron chi connectivity index (χ1n) is 5.28. The molecule has 0 fully saturated rings. The minimum atomic E-state index is -0.706. The lowest BCUT2D eigenvalue weighted by Crippen LogP contribution is -2.30. The zero-order valence-corrected chi connectivity index (χ0v) is 9.30. The summed E-state index contributed by atoms with van der Waals surface area (Å²) < 4.78 is 24.9. The highest BCUT2D eigenvalue weighted by molar-refractivity contribution is 5.97. The van der Waals surface area contributed by atoms with Gasteiger partial charge in [0.2, 0.25) is 5.43 Å². The van der Waals surface area contributed by atoms with E-state index in [1.54, 1.807) is 0 Å². The van der Waals surface area contributed by atoms with Gasteiger partial charge in [0.05, 0.1) is 5.52 Å². The van der Waals surface area contributed by atoms with Crippen LogP contribution in [-0.4, -0.2) is 24.1 Å². The molecule has 18 heavy (non-hydrogen) atoms. The number of halogens is 2. The fourth-order valence-electron chi connectivity index (χ4n) is 1.62. The Labute approximate surface area is 101 Å². The molecule has 4 nitrogen and oxygen atoms in total. The molecular formula is C12H10F2N2O2. The molecule has 0 aliphatic heterocycles. The van der Waals surface area contributed by atoms with Gasteiger partial charge < -0.3 is 10.3 Å². The predicted molar refractivity (Wildman–Crippen MR) is 62.8 cm³/mol. The van der Waals surface area contributed by atoms with Crippen LogP contribution >= 0.6 is 0 Å². The van der Waals surface area contributed by atoms with Gasteiger partial charge in [-0.3, -0.25) is 9.59 Å². The minimum Gasteiger partial charge on any atom is -0.360 e. The standard InChI is InChI=1S/C12H10F2N2O2/c13-3-4-15-12(18)9-6-16-10-5-7(14)1-2-8(10)11(9)17/h1-2,5-6H,3-4H2,(H,15,18)(H,16,17)/i13-1.